The van der Waals surface area contributed by atoms with E-state index in [0.29, 0.717) is 30.0 Å². The zero-order chi connectivity index (χ0) is 17.2. The van der Waals surface area contributed by atoms with Gasteiger partial charge in [0, 0.05) is 6.42 Å². The average Bonchev–Trinajstić information content (AvgIpc) is 2.57. The van der Waals surface area contributed by atoms with E-state index in [4.69, 9.17) is 9.47 Å². The number of rotatable bonds is 4. The van der Waals surface area contributed by atoms with Gasteiger partial charge in [-0.2, -0.15) is 0 Å². The van der Waals surface area contributed by atoms with E-state index in [1.807, 2.05) is 31.2 Å². The van der Waals surface area contributed by atoms with Crippen molar-refractivity contribution in [1.29, 1.82) is 0 Å². The monoisotopic (exact) mass is 325 g/mol. The summed E-state index contributed by atoms with van der Waals surface area (Å²) in [5.74, 6) is -0.274. The van der Waals surface area contributed by atoms with Crippen LogP contribution in [0.3, 0.4) is 0 Å². The fourth-order valence-electron chi connectivity index (χ4n) is 2.77. The molecule has 0 spiro atoms. The molecular weight excluding hydrogens is 306 g/mol. The van der Waals surface area contributed by atoms with Gasteiger partial charge in [-0.15, -0.1) is 0 Å². The summed E-state index contributed by atoms with van der Waals surface area (Å²) in [6, 6.07) is 14.4. The minimum atomic E-state index is -1.26. The van der Waals surface area contributed by atoms with Gasteiger partial charge < -0.3 is 14.8 Å². The van der Waals surface area contributed by atoms with Crippen molar-refractivity contribution in [2.45, 2.75) is 25.9 Å². The summed E-state index contributed by atoms with van der Waals surface area (Å²) in [7, 11) is 0. The quantitative estimate of drug-likeness (QED) is 0.877. The number of carbonyl (C=O) groups is 2. The largest absolute Gasteiger partial charge is 0.492 e. The summed E-state index contributed by atoms with van der Waals surface area (Å²) in [4.78, 5) is 25.0. The Labute approximate surface area is 140 Å². The molecule has 5 nitrogen and oxygen atoms in total. The van der Waals surface area contributed by atoms with E-state index in [1.165, 1.54) is 0 Å². The topological polar surface area (TPSA) is 64.6 Å². The Morgan fingerprint density at radius 1 is 1.21 bits per heavy atom. The van der Waals surface area contributed by atoms with Crippen molar-refractivity contribution >= 4 is 17.6 Å². The maximum absolute atomic E-state index is 12.8. The molecule has 1 atom stereocenters. The summed E-state index contributed by atoms with van der Waals surface area (Å²) in [5.41, 5.74) is 0.618. The predicted octanol–water partition coefficient (Wildman–Crippen LogP) is 3.20. The molecule has 24 heavy (non-hydrogen) atoms. The molecule has 5 heteroatoms. The lowest BCUT2D eigenvalue weighted by atomic mass is 9.89. The molecule has 2 aromatic rings. The Morgan fingerprint density at radius 2 is 1.92 bits per heavy atom. The van der Waals surface area contributed by atoms with Crippen molar-refractivity contribution in [1.82, 2.24) is 0 Å². The Bertz CT molecular complexity index is 786. The van der Waals surface area contributed by atoms with Crippen LogP contribution < -0.4 is 10.1 Å². The summed E-state index contributed by atoms with van der Waals surface area (Å²) < 4.78 is 11.0. The van der Waals surface area contributed by atoms with Crippen LogP contribution in [0.1, 0.15) is 29.8 Å². The Morgan fingerprint density at radius 3 is 2.71 bits per heavy atom. The second-order valence-corrected chi connectivity index (χ2v) is 5.84. The predicted molar refractivity (Wildman–Crippen MR) is 90.2 cm³/mol. The lowest BCUT2D eigenvalue weighted by molar-refractivity contribution is -0.134. The van der Waals surface area contributed by atoms with Crippen LogP contribution >= 0.6 is 0 Å². The number of ether oxygens (including phenoxy) is 2. The molecule has 0 radical (unpaired) electrons. The molecule has 1 unspecified atom stereocenters. The number of hydrogen-bond acceptors (Lipinski definition) is 4. The number of hydrogen-bond donors (Lipinski definition) is 1. The molecular formula is C19H19NO4. The fourth-order valence-corrected chi connectivity index (χ4v) is 2.77. The van der Waals surface area contributed by atoms with E-state index in [9.17, 15) is 9.59 Å². The molecule has 0 fully saturated rings. The third-order valence-electron chi connectivity index (χ3n) is 4.00. The van der Waals surface area contributed by atoms with Crippen LogP contribution in [0.25, 0.3) is 0 Å². The molecule has 3 rings (SSSR count). The SMILES string of the molecule is CCOc1ccccc1NC(=O)C1(C)Cc2ccccc2C(=O)O1. The first-order chi connectivity index (χ1) is 11.5. The maximum Gasteiger partial charge on any atom is 0.339 e. The van der Waals surface area contributed by atoms with Crippen LogP contribution in [0.15, 0.2) is 48.5 Å². The van der Waals surface area contributed by atoms with Gasteiger partial charge in [-0.1, -0.05) is 30.3 Å². The zero-order valence-electron chi connectivity index (χ0n) is 13.7. The zero-order valence-corrected chi connectivity index (χ0v) is 13.7. The Balaban J connectivity index is 1.84. The van der Waals surface area contributed by atoms with Gasteiger partial charge in [-0.3, -0.25) is 4.79 Å². The highest BCUT2D eigenvalue weighted by atomic mass is 16.6. The molecule has 0 aromatic heterocycles. The number of carbonyl (C=O) groups excluding carboxylic acids is 2. The number of anilines is 1. The van der Waals surface area contributed by atoms with E-state index in [1.54, 1.807) is 31.2 Å². The average molecular weight is 325 g/mol. The molecule has 1 N–H and O–H groups in total. The van der Waals surface area contributed by atoms with Gasteiger partial charge in [0.1, 0.15) is 5.75 Å². The van der Waals surface area contributed by atoms with Crippen LogP contribution in [0.5, 0.6) is 5.75 Å². The number of esters is 1. The standard InChI is InChI=1S/C19H19NO4/c1-3-23-16-11-7-6-10-15(16)20-18(22)19(2)12-13-8-4-5-9-14(13)17(21)24-19/h4-11H,3,12H2,1-2H3,(H,20,22). The van der Waals surface area contributed by atoms with E-state index in [-0.39, 0.29) is 5.91 Å². The van der Waals surface area contributed by atoms with Gasteiger partial charge in [0.25, 0.3) is 5.91 Å². The first-order valence-electron chi connectivity index (χ1n) is 7.88. The number of para-hydroxylation sites is 2. The van der Waals surface area contributed by atoms with E-state index >= 15 is 0 Å². The highest BCUT2D eigenvalue weighted by Crippen LogP contribution is 2.31. The smallest absolute Gasteiger partial charge is 0.339 e. The maximum atomic E-state index is 12.8. The molecule has 2 aromatic carbocycles. The van der Waals surface area contributed by atoms with Crippen molar-refractivity contribution in [3.8, 4) is 5.75 Å². The normalized spacial score (nSPS) is 19.2. The molecule has 124 valence electrons. The van der Waals surface area contributed by atoms with Gasteiger partial charge in [-0.05, 0) is 37.6 Å². The van der Waals surface area contributed by atoms with Crippen molar-refractivity contribution in [2.75, 3.05) is 11.9 Å². The third-order valence-corrected chi connectivity index (χ3v) is 4.00. The molecule has 1 aliphatic rings. The number of benzene rings is 2. The van der Waals surface area contributed by atoms with Gasteiger partial charge in [0.15, 0.2) is 5.60 Å². The van der Waals surface area contributed by atoms with Crippen molar-refractivity contribution < 1.29 is 19.1 Å². The lowest BCUT2D eigenvalue weighted by Crippen LogP contribution is -2.48. The van der Waals surface area contributed by atoms with Crippen LogP contribution in [-0.2, 0) is 16.0 Å². The summed E-state index contributed by atoms with van der Waals surface area (Å²) >= 11 is 0. The summed E-state index contributed by atoms with van der Waals surface area (Å²) in [6.45, 7) is 3.99. The van der Waals surface area contributed by atoms with Gasteiger partial charge in [0.05, 0.1) is 17.9 Å². The van der Waals surface area contributed by atoms with Crippen molar-refractivity contribution in [3.63, 3.8) is 0 Å². The second kappa shape index (κ2) is 6.35. The number of cyclic esters (lactones) is 1. The highest BCUT2D eigenvalue weighted by Gasteiger charge is 2.42. The van der Waals surface area contributed by atoms with Gasteiger partial charge in [-0.25, -0.2) is 4.79 Å². The second-order valence-electron chi connectivity index (χ2n) is 5.84. The highest BCUT2D eigenvalue weighted by molar-refractivity contribution is 6.03. The van der Waals surface area contributed by atoms with Crippen molar-refractivity contribution in [3.05, 3.63) is 59.7 Å². The van der Waals surface area contributed by atoms with Gasteiger partial charge in [0.2, 0.25) is 0 Å². The molecule has 1 aliphatic heterocycles. The van der Waals surface area contributed by atoms with Crippen LogP contribution in [0, 0.1) is 0 Å². The van der Waals surface area contributed by atoms with Crippen molar-refractivity contribution in [2.24, 2.45) is 0 Å². The van der Waals surface area contributed by atoms with E-state index in [2.05, 4.69) is 5.32 Å². The first kappa shape index (κ1) is 16.1. The molecule has 1 heterocycles. The Hall–Kier alpha value is -2.82. The van der Waals surface area contributed by atoms with Crippen LogP contribution in [-0.4, -0.2) is 24.1 Å². The molecule has 0 saturated heterocycles. The van der Waals surface area contributed by atoms with Gasteiger partial charge >= 0.3 is 5.97 Å². The minimum Gasteiger partial charge on any atom is -0.492 e. The number of fused-ring (bicyclic) bond motifs is 1. The minimum absolute atomic E-state index is 0.331. The molecule has 0 bridgehead atoms. The third kappa shape index (κ3) is 2.97. The molecule has 0 saturated carbocycles. The van der Waals surface area contributed by atoms with Crippen LogP contribution in [0.4, 0.5) is 5.69 Å². The molecule has 1 amide bonds. The van der Waals surface area contributed by atoms with E-state index < -0.39 is 11.6 Å². The van der Waals surface area contributed by atoms with E-state index in [0.717, 1.165) is 5.56 Å². The van der Waals surface area contributed by atoms with Crippen LogP contribution in [0.2, 0.25) is 0 Å². The molecule has 0 aliphatic carbocycles. The lowest BCUT2D eigenvalue weighted by Gasteiger charge is -2.33. The Kier molecular flexibility index (Phi) is 4.25. The summed E-state index contributed by atoms with van der Waals surface area (Å²) in [6.07, 6.45) is 0.331. The first-order valence-corrected chi connectivity index (χ1v) is 7.88. The number of amides is 1. The fraction of sp³-hybridized carbons (Fsp3) is 0.263. The summed E-state index contributed by atoms with van der Waals surface area (Å²) in [5, 5.41) is 2.82. The number of nitrogens with one attached hydrogen (secondary N) is 1.